The number of ether oxygens (including phenoxy) is 2. The van der Waals surface area contributed by atoms with Crippen LogP contribution in [0.15, 0.2) is 0 Å². The van der Waals surface area contributed by atoms with Gasteiger partial charge in [0.1, 0.15) is 0 Å². The van der Waals surface area contributed by atoms with Crippen LogP contribution in [-0.2, 0) is 9.47 Å². The summed E-state index contributed by atoms with van der Waals surface area (Å²) in [4.78, 5) is 0. The van der Waals surface area contributed by atoms with Gasteiger partial charge in [-0.25, -0.2) is 0 Å². The molecular weight excluding hydrogens is 226 g/mol. The first-order chi connectivity index (χ1) is 8.83. The van der Waals surface area contributed by atoms with Gasteiger partial charge in [0, 0.05) is 19.7 Å². The molecule has 18 heavy (non-hydrogen) atoms. The molecule has 3 heteroatoms. The molecule has 108 valence electrons. The van der Waals surface area contributed by atoms with Gasteiger partial charge in [0.25, 0.3) is 0 Å². The molecule has 0 aliphatic carbocycles. The Morgan fingerprint density at radius 2 is 1.78 bits per heavy atom. The van der Waals surface area contributed by atoms with Gasteiger partial charge in [-0.3, -0.25) is 0 Å². The average Bonchev–Trinajstić information content (AvgIpc) is 2.37. The van der Waals surface area contributed by atoms with Crippen molar-refractivity contribution in [3.05, 3.63) is 0 Å². The van der Waals surface area contributed by atoms with E-state index in [-0.39, 0.29) is 6.10 Å². The van der Waals surface area contributed by atoms with E-state index in [1.165, 1.54) is 44.9 Å². The van der Waals surface area contributed by atoms with Crippen molar-refractivity contribution in [2.75, 3.05) is 26.3 Å². The molecule has 0 aromatic carbocycles. The lowest BCUT2D eigenvalue weighted by Gasteiger charge is -2.28. The first-order valence-corrected chi connectivity index (χ1v) is 7.77. The third kappa shape index (κ3) is 8.06. The summed E-state index contributed by atoms with van der Waals surface area (Å²) in [6, 6.07) is 0. The molecule has 2 unspecified atom stereocenters. The van der Waals surface area contributed by atoms with Crippen molar-refractivity contribution < 1.29 is 9.47 Å². The van der Waals surface area contributed by atoms with E-state index >= 15 is 0 Å². The summed E-state index contributed by atoms with van der Waals surface area (Å²) in [6.07, 6.45) is 9.95. The Morgan fingerprint density at radius 1 is 1.06 bits per heavy atom. The van der Waals surface area contributed by atoms with Crippen molar-refractivity contribution in [2.45, 2.75) is 71.0 Å². The molecule has 1 heterocycles. The topological polar surface area (TPSA) is 30.5 Å². The predicted molar refractivity (Wildman–Crippen MR) is 76.0 cm³/mol. The van der Waals surface area contributed by atoms with Crippen LogP contribution in [-0.4, -0.2) is 38.5 Å². The first-order valence-electron chi connectivity index (χ1n) is 7.77. The van der Waals surface area contributed by atoms with Crippen LogP contribution in [0.4, 0.5) is 0 Å². The number of unbranched alkanes of at least 4 members (excludes halogenated alkanes) is 6. The molecule has 0 radical (unpaired) electrons. The van der Waals surface area contributed by atoms with E-state index in [1.807, 2.05) is 0 Å². The minimum Gasteiger partial charge on any atom is -0.379 e. The van der Waals surface area contributed by atoms with Crippen LogP contribution >= 0.6 is 0 Å². The summed E-state index contributed by atoms with van der Waals surface area (Å²) in [7, 11) is 0. The van der Waals surface area contributed by atoms with E-state index < -0.39 is 0 Å². The fraction of sp³-hybridized carbons (Fsp3) is 1.00. The molecule has 0 aromatic heterocycles. The summed E-state index contributed by atoms with van der Waals surface area (Å²) in [6.45, 7) is 7.90. The van der Waals surface area contributed by atoms with E-state index in [2.05, 4.69) is 19.2 Å². The number of morpholine rings is 1. The number of hydrogen-bond acceptors (Lipinski definition) is 3. The van der Waals surface area contributed by atoms with Crippen molar-refractivity contribution in [1.29, 1.82) is 0 Å². The molecule has 0 spiro atoms. The monoisotopic (exact) mass is 257 g/mol. The molecule has 0 aromatic rings. The Hall–Kier alpha value is -0.120. The van der Waals surface area contributed by atoms with Gasteiger partial charge in [-0.2, -0.15) is 0 Å². The lowest BCUT2D eigenvalue weighted by molar-refractivity contribution is -0.0688. The molecule has 1 aliphatic heterocycles. The van der Waals surface area contributed by atoms with Crippen molar-refractivity contribution >= 4 is 0 Å². The van der Waals surface area contributed by atoms with Gasteiger partial charge in [-0.1, -0.05) is 45.4 Å². The summed E-state index contributed by atoms with van der Waals surface area (Å²) in [5, 5.41) is 3.36. The van der Waals surface area contributed by atoms with Gasteiger partial charge in [0.05, 0.1) is 18.8 Å². The van der Waals surface area contributed by atoms with Gasteiger partial charge in [0.2, 0.25) is 0 Å². The van der Waals surface area contributed by atoms with Gasteiger partial charge in [-0.15, -0.1) is 0 Å². The van der Waals surface area contributed by atoms with Crippen LogP contribution in [0.2, 0.25) is 0 Å². The second-order valence-electron chi connectivity index (χ2n) is 5.42. The maximum Gasteiger partial charge on any atom is 0.0936 e. The van der Waals surface area contributed by atoms with Crippen molar-refractivity contribution in [3.8, 4) is 0 Å². The fourth-order valence-corrected chi connectivity index (χ4v) is 2.35. The van der Waals surface area contributed by atoms with Crippen LogP contribution in [0.5, 0.6) is 0 Å². The average molecular weight is 257 g/mol. The second-order valence-corrected chi connectivity index (χ2v) is 5.42. The fourth-order valence-electron chi connectivity index (χ4n) is 2.35. The maximum atomic E-state index is 5.77. The van der Waals surface area contributed by atoms with Crippen LogP contribution in [0, 0.1) is 0 Å². The zero-order valence-corrected chi connectivity index (χ0v) is 12.2. The summed E-state index contributed by atoms with van der Waals surface area (Å²) in [5.41, 5.74) is 0. The highest BCUT2D eigenvalue weighted by Crippen LogP contribution is 2.08. The third-order valence-corrected chi connectivity index (χ3v) is 3.42. The number of hydrogen-bond donors (Lipinski definition) is 1. The summed E-state index contributed by atoms with van der Waals surface area (Å²) in [5.74, 6) is 0. The van der Waals surface area contributed by atoms with Gasteiger partial charge in [0.15, 0.2) is 0 Å². The zero-order valence-electron chi connectivity index (χ0n) is 12.2. The Kier molecular flexibility index (Phi) is 9.54. The van der Waals surface area contributed by atoms with E-state index in [0.29, 0.717) is 6.10 Å². The molecular formula is C15H31NO2. The van der Waals surface area contributed by atoms with Crippen molar-refractivity contribution in [1.82, 2.24) is 5.32 Å². The lowest BCUT2D eigenvalue weighted by atomic mass is 10.1. The third-order valence-electron chi connectivity index (χ3n) is 3.42. The second kappa shape index (κ2) is 10.8. The quantitative estimate of drug-likeness (QED) is 0.610. The molecule has 0 bridgehead atoms. The normalized spacial score (nSPS) is 24.3. The summed E-state index contributed by atoms with van der Waals surface area (Å²) < 4.78 is 11.5. The Balaban J connectivity index is 1.80. The van der Waals surface area contributed by atoms with Crippen molar-refractivity contribution in [3.63, 3.8) is 0 Å². The van der Waals surface area contributed by atoms with E-state index in [4.69, 9.17) is 9.47 Å². The maximum absolute atomic E-state index is 5.77. The molecule has 1 aliphatic rings. The van der Waals surface area contributed by atoms with E-state index in [1.54, 1.807) is 0 Å². The molecule has 1 N–H and O–H groups in total. The Labute approximate surface area is 113 Å². The minimum absolute atomic E-state index is 0.248. The highest BCUT2D eigenvalue weighted by Gasteiger charge is 2.18. The van der Waals surface area contributed by atoms with Gasteiger partial charge >= 0.3 is 0 Å². The highest BCUT2D eigenvalue weighted by molar-refractivity contribution is 4.71. The first kappa shape index (κ1) is 15.9. The van der Waals surface area contributed by atoms with Gasteiger partial charge in [-0.05, 0) is 13.3 Å². The van der Waals surface area contributed by atoms with Crippen LogP contribution in [0.3, 0.4) is 0 Å². The van der Waals surface area contributed by atoms with Crippen LogP contribution < -0.4 is 5.32 Å². The predicted octanol–water partition coefficient (Wildman–Crippen LogP) is 3.13. The molecule has 1 saturated heterocycles. The SMILES string of the molecule is CCCCCCCCCOCC1CNCC(C)O1. The molecule has 1 fully saturated rings. The van der Waals surface area contributed by atoms with E-state index in [0.717, 1.165) is 26.3 Å². The zero-order chi connectivity index (χ0) is 13.1. The molecule has 2 atom stereocenters. The molecule has 0 saturated carbocycles. The Bertz CT molecular complexity index is 187. The van der Waals surface area contributed by atoms with E-state index in [9.17, 15) is 0 Å². The minimum atomic E-state index is 0.248. The Morgan fingerprint density at radius 3 is 2.50 bits per heavy atom. The van der Waals surface area contributed by atoms with Crippen LogP contribution in [0.1, 0.15) is 58.8 Å². The standard InChI is InChI=1S/C15H31NO2/c1-3-4-5-6-7-8-9-10-17-13-15-12-16-11-14(2)18-15/h14-16H,3-13H2,1-2H3. The molecule has 0 amide bonds. The van der Waals surface area contributed by atoms with Crippen LogP contribution in [0.25, 0.3) is 0 Å². The molecule has 1 rings (SSSR count). The lowest BCUT2D eigenvalue weighted by Crippen LogP contribution is -2.45. The largest absolute Gasteiger partial charge is 0.379 e. The molecule has 3 nitrogen and oxygen atoms in total. The smallest absolute Gasteiger partial charge is 0.0936 e. The summed E-state index contributed by atoms with van der Waals surface area (Å²) >= 11 is 0. The van der Waals surface area contributed by atoms with Crippen molar-refractivity contribution in [2.24, 2.45) is 0 Å². The van der Waals surface area contributed by atoms with Gasteiger partial charge < -0.3 is 14.8 Å². The number of nitrogens with one attached hydrogen (secondary N) is 1. The number of rotatable bonds is 10. The highest BCUT2D eigenvalue weighted by atomic mass is 16.5.